The van der Waals surface area contributed by atoms with Crippen LogP contribution in [0, 0.1) is 6.92 Å². The number of carbonyl (C=O) groups excluding carboxylic acids is 1. The fourth-order valence-electron chi connectivity index (χ4n) is 2.14. The number of aromatic nitrogens is 1. The summed E-state index contributed by atoms with van der Waals surface area (Å²) in [5.74, 6) is -1.31. The van der Waals surface area contributed by atoms with Gasteiger partial charge in [0, 0.05) is 24.6 Å². The first-order chi connectivity index (χ1) is 11.5. The Kier molecular flexibility index (Phi) is 6.45. The number of methoxy groups -OCH3 is 1. The van der Waals surface area contributed by atoms with Crippen LogP contribution >= 0.6 is 11.3 Å². The zero-order chi connectivity index (χ0) is 17.5. The maximum atomic E-state index is 12.3. The predicted molar refractivity (Wildman–Crippen MR) is 92.1 cm³/mol. The number of aliphatic carboxylic acids is 1. The van der Waals surface area contributed by atoms with Crippen LogP contribution in [0.2, 0.25) is 0 Å². The van der Waals surface area contributed by atoms with Gasteiger partial charge < -0.3 is 14.7 Å². The van der Waals surface area contributed by atoms with Gasteiger partial charge in [-0.15, -0.1) is 11.3 Å². The summed E-state index contributed by atoms with van der Waals surface area (Å²) in [6, 6.07) is 8.02. The second-order valence-corrected chi connectivity index (χ2v) is 6.25. The van der Waals surface area contributed by atoms with Crippen molar-refractivity contribution in [1.82, 2.24) is 9.88 Å². The first kappa shape index (κ1) is 18.1. The molecule has 1 aromatic carbocycles. The van der Waals surface area contributed by atoms with Crippen molar-refractivity contribution in [3.63, 3.8) is 0 Å². The summed E-state index contributed by atoms with van der Waals surface area (Å²) in [5.41, 5.74) is 2.83. The monoisotopic (exact) mass is 348 g/mol. The van der Waals surface area contributed by atoms with Crippen LogP contribution in [0.4, 0.5) is 0 Å². The average molecular weight is 348 g/mol. The van der Waals surface area contributed by atoms with E-state index in [1.807, 2.05) is 36.6 Å². The standard InChI is InChI=1S/C17H20N2O4S/c1-12-3-5-13(6-4-12)17-18-14(11-24-17)9-15(20)19(7-8-23-2)10-16(21)22/h3-6,11H,7-10H2,1-2H3,(H,21,22). The van der Waals surface area contributed by atoms with Crippen LogP contribution in [-0.4, -0.2) is 53.7 Å². The normalized spacial score (nSPS) is 10.6. The van der Waals surface area contributed by atoms with Gasteiger partial charge in [0.2, 0.25) is 5.91 Å². The molecule has 0 fully saturated rings. The van der Waals surface area contributed by atoms with Crippen LogP contribution in [0.3, 0.4) is 0 Å². The van der Waals surface area contributed by atoms with E-state index in [4.69, 9.17) is 9.84 Å². The molecule has 2 aromatic rings. The van der Waals surface area contributed by atoms with Crippen LogP contribution in [0.5, 0.6) is 0 Å². The van der Waals surface area contributed by atoms with E-state index in [2.05, 4.69) is 4.98 Å². The molecule has 0 aliphatic rings. The van der Waals surface area contributed by atoms with Gasteiger partial charge in [-0.2, -0.15) is 0 Å². The number of nitrogens with zero attached hydrogens (tertiary/aromatic N) is 2. The highest BCUT2D eigenvalue weighted by Crippen LogP contribution is 2.24. The molecule has 1 aromatic heterocycles. The van der Waals surface area contributed by atoms with Gasteiger partial charge >= 0.3 is 5.97 Å². The maximum absolute atomic E-state index is 12.3. The average Bonchev–Trinajstić information content (AvgIpc) is 3.00. The second kappa shape index (κ2) is 8.56. The first-order valence-corrected chi connectivity index (χ1v) is 8.37. The highest BCUT2D eigenvalue weighted by Gasteiger charge is 2.18. The zero-order valence-corrected chi connectivity index (χ0v) is 14.5. The molecular weight excluding hydrogens is 328 g/mol. The van der Waals surface area contributed by atoms with Gasteiger partial charge in [0.05, 0.1) is 18.7 Å². The third-order valence-corrected chi connectivity index (χ3v) is 4.37. The fourth-order valence-corrected chi connectivity index (χ4v) is 2.97. The summed E-state index contributed by atoms with van der Waals surface area (Å²) in [7, 11) is 1.51. The van der Waals surface area contributed by atoms with Crippen LogP contribution in [0.15, 0.2) is 29.6 Å². The molecule has 1 heterocycles. The molecule has 128 valence electrons. The van der Waals surface area contributed by atoms with Gasteiger partial charge in [0.25, 0.3) is 0 Å². The van der Waals surface area contributed by atoms with Crippen molar-refractivity contribution in [1.29, 1.82) is 0 Å². The number of hydrogen-bond donors (Lipinski definition) is 1. The van der Waals surface area contributed by atoms with Crippen LogP contribution < -0.4 is 0 Å². The molecule has 0 atom stereocenters. The lowest BCUT2D eigenvalue weighted by molar-refractivity contribution is -0.144. The van der Waals surface area contributed by atoms with Gasteiger partial charge in [-0.3, -0.25) is 9.59 Å². The molecular formula is C17H20N2O4S. The molecule has 2 rings (SSSR count). The van der Waals surface area contributed by atoms with Gasteiger partial charge in [0.1, 0.15) is 11.6 Å². The van der Waals surface area contributed by atoms with Crippen molar-refractivity contribution in [2.45, 2.75) is 13.3 Å². The molecule has 0 saturated heterocycles. The van der Waals surface area contributed by atoms with Crippen molar-refractivity contribution in [2.24, 2.45) is 0 Å². The van der Waals surface area contributed by atoms with Gasteiger partial charge in [0.15, 0.2) is 0 Å². The minimum absolute atomic E-state index is 0.0827. The second-order valence-electron chi connectivity index (χ2n) is 5.39. The van der Waals surface area contributed by atoms with E-state index in [9.17, 15) is 9.59 Å². The van der Waals surface area contributed by atoms with E-state index in [1.54, 1.807) is 0 Å². The molecule has 24 heavy (non-hydrogen) atoms. The van der Waals surface area contributed by atoms with E-state index in [0.29, 0.717) is 12.3 Å². The molecule has 0 radical (unpaired) electrons. The SMILES string of the molecule is COCCN(CC(=O)O)C(=O)Cc1csc(-c2ccc(C)cc2)n1. The van der Waals surface area contributed by atoms with Gasteiger partial charge in [-0.05, 0) is 6.92 Å². The lowest BCUT2D eigenvalue weighted by Crippen LogP contribution is -2.38. The number of thiazole rings is 1. The Hall–Kier alpha value is -2.25. The topological polar surface area (TPSA) is 79.7 Å². The highest BCUT2D eigenvalue weighted by atomic mass is 32.1. The Morgan fingerprint density at radius 3 is 2.62 bits per heavy atom. The minimum Gasteiger partial charge on any atom is -0.480 e. The van der Waals surface area contributed by atoms with Crippen molar-refractivity contribution in [3.05, 3.63) is 40.9 Å². The Balaban J connectivity index is 2.05. The largest absolute Gasteiger partial charge is 0.480 e. The smallest absolute Gasteiger partial charge is 0.323 e. The number of ether oxygens (including phenoxy) is 1. The van der Waals surface area contributed by atoms with Gasteiger partial charge in [-0.25, -0.2) is 4.98 Å². The number of benzene rings is 1. The van der Waals surface area contributed by atoms with E-state index in [0.717, 1.165) is 10.6 Å². The summed E-state index contributed by atoms with van der Waals surface area (Å²) < 4.78 is 4.93. The molecule has 0 bridgehead atoms. The molecule has 7 heteroatoms. The number of carboxylic acid groups (broad SMARTS) is 1. The van der Waals surface area contributed by atoms with E-state index < -0.39 is 5.97 Å². The van der Waals surface area contributed by atoms with E-state index in [-0.39, 0.29) is 25.4 Å². The quantitative estimate of drug-likeness (QED) is 0.791. The number of rotatable bonds is 8. The van der Waals surface area contributed by atoms with E-state index in [1.165, 1.54) is 28.9 Å². The lowest BCUT2D eigenvalue weighted by atomic mass is 10.2. The number of carbonyl (C=O) groups is 2. The molecule has 6 nitrogen and oxygen atoms in total. The fraction of sp³-hybridized carbons (Fsp3) is 0.353. The first-order valence-electron chi connectivity index (χ1n) is 7.49. The van der Waals surface area contributed by atoms with Crippen molar-refractivity contribution in [2.75, 3.05) is 26.8 Å². The number of hydrogen-bond acceptors (Lipinski definition) is 5. The highest BCUT2D eigenvalue weighted by molar-refractivity contribution is 7.13. The van der Waals surface area contributed by atoms with Crippen molar-refractivity contribution in [3.8, 4) is 10.6 Å². The third-order valence-electron chi connectivity index (χ3n) is 3.43. The number of amides is 1. The molecule has 0 aliphatic heterocycles. The number of aryl methyl sites for hydroxylation is 1. The predicted octanol–water partition coefficient (Wildman–Crippen LogP) is 2.22. The molecule has 0 aliphatic carbocycles. The van der Waals surface area contributed by atoms with Crippen LogP contribution in [-0.2, 0) is 20.7 Å². The van der Waals surface area contributed by atoms with Gasteiger partial charge in [-0.1, -0.05) is 29.8 Å². The molecule has 1 amide bonds. The molecule has 1 N–H and O–H groups in total. The van der Waals surface area contributed by atoms with Crippen LogP contribution in [0.1, 0.15) is 11.3 Å². The third kappa shape index (κ3) is 5.14. The molecule has 0 spiro atoms. The van der Waals surface area contributed by atoms with Crippen molar-refractivity contribution < 1.29 is 19.4 Å². The van der Waals surface area contributed by atoms with Crippen LogP contribution in [0.25, 0.3) is 10.6 Å². The number of carboxylic acids is 1. The summed E-state index contributed by atoms with van der Waals surface area (Å²) in [4.78, 5) is 29.0. The summed E-state index contributed by atoms with van der Waals surface area (Å²) >= 11 is 1.47. The summed E-state index contributed by atoms with van der Waals surface area (Å²) in [5, 5.41) is 11.6. The molecule has 0 unspecified atom stereocenters. The Morgan fingerprint density at radius 2 is 2.00 bits per heavy atom. The molecule has 0 saturated carbocycles. The Labute approximate surface area is 144 Å². The van der Waals surface area contributed by atoms with Crippen molar-refractivity contribution >= 4 is 23.2 Å². The zero-order valence-electron chi connectivity index (χ0n) is 13.7. The summed E-state index contributed by atoms with van der Waals surface area (Å²) in [6.45, 7) is 2.23. The lowest BCUT2D eigenvalue weighted by Gasteiger charge is -2.19. The maximum Gasteiger partial charge on any atom is 0.323 e. The Bertz CT molecular complexity index is 697. The van der Waals surface area contributed by atoms with E-state index >= 15 is 0 Å². The Morgan fingerprint density at radius 1 is 1.29 bits per heavy atom. The minimum atomic E-state index is -1.04. The summed E-state index contributed by atoms with van der Waals surface area (Å²) in [6.07, 6.45) is 0.0827.